The fourth-order valence-corrected chi connectivity index (χ4v) is 6.26. The molecule has 0 spiro atoms. The molecule has 4 nitrogen and oxygen atoms in total. The van der Waals surface area contributed by atoms with Crippen LogP contribution < -0.4 is 21.4 Å². The molecule has 2 atom stereocenters. The maximum Gasteiger partial charge on any atom is 0.205 e. The standard InChI is InChI=1S/C25H23ClN3OP/c26-20-11-9-10-19(18-20)25(24(27)23-16-7-8-17-28-23)29-31(30,21-12-3-1-4-13-21)22-14-5-2-6-15-22/h1-18,24-25H,27H2,(H,29,30)/t24-,25+/m0/s1. The lowest BCUT2D eigenvalue weighted by Crippen LogP contribution is -2.36. The van der Waals surface area contributed by atoms with Crippen molar-refractivity contribution in [2.24, 2.45) is 5.73 Å². The molecule has 0 bridgehead atoms. The van der Waals surface area contributed by atoms with Gasteiger partial charge in [-0.1, -0.05) is 66.2 Å². The predicted octanol–water partition coefficient (Wildman–Crippen LogP) is 4.99. The zero-order valence-electron chi connectivity index (χ0n) is 16.8. The van der Waals surface area contributed by atoms with E-state index in [0.717, 1.165) is 5.56 Å². The average molecular weight is 448 g/mol. The normalized spacial score (nSPS) is 13.5. The SMILES string of the molecule is N[C@@H](c1ccccn1)[C@H](NP(=O)(c1ccccc1)c1ccccc1)c1cccc(Cl)c1. The van der Waals surface area contributed by atoms with Gasteiger partial charge < -0.3 is 5.73 Å². The summed E-state index contributed by atoms with van der Waals surface area (Å²) >= 11 is 6.29. The molecule has 0 aliphatic carbocycles. The Hall–Kier alpha value is -2.75. The van der Waals surface area contributed by atoms with E-state index in [1.165, 1.54) is 0 Å². The first-order valence-electron chi connectivity index (χ1n) is 9.99. The fourth-order valence-electron chi connectivity index (χ4n) is 3.58. The van der Waals surface area contributed by atoms with E-state index < -0.39 is 19.4 Å². The number of aromatic nitrogens is 1. The minimum absolute atomic E-state index is 0.486. The highest BCUT2D eigenvalue weighted by atomic mass is 35.5. The third-order valence-corrected chi connectivity index (χ3v) is 8.08. The Kier molecular flexibility index (Phi) is 6.64. The van der Waals surface area contributed by atoms with Crippen molar-refractivity contribution >= 4 is 29.5 Å². The zero-order chi connectivity index (χ0) is 21.7. The van der Waals surface area contributed by atoms with Crippen molar-refractivity contribution in [3.8, 4) is 0 Å². The van der Waals surface area contributed by atoms with Gasteiger partial charge in [0.25, 0.3) is 0 Å². The molecular weight excluding hydrogens is 425 g/mol. The summed E-state index contributed by atoms with van der Waals surface area (Å²) in [5, 5.41) is 5.45. The van der Waals surface area contributed by atoms with Crippen molar-refractivity contribution in [1.82, 2.24) is 10.1 Å². The Labute approximate surface area is 187 Å². The van der Waals surface area contributed by atoms with Crippen LogP contribution in [0.2, 0.25) is 5.02 Å². The minimum atomic E-state index is -3.24. The predicted molar refractivity (Wildman–Crippen MR) is 128 cm³/mol. The molecule has 6 heteroatoms. The molecule has 0 amide bonds. The third kappa shape index (κ3) is 4.79. The van der Waals surface area contributed by atoms with E-state index in [1.54, 1.807) is 6.20 Å². The Bertz CT molecular complexity index is 1130. The molecule has 156 valence electrons. The van der Waals surface area contributed by atoms with Gasteiger partial charge >= 0.3 is 0 Å². The van der Waals surface area contributed by atoms with Crippen LogP contribution in [0.1, 0.15) is 23.3 Å². The summed E-state index contributed by atoms with van der Waals surface area (Å²) in [7, 11) is -3.24. The van der Waals surface area contributed by atoms with E-state index >= 15 is 0 Å². The largest absolute Gasteiger partial charge is 0.321 e. The van der Waals surface area contributed by atoms with Crippen LogP contribution in [0.25, 0.3) is 0 Å². The zero-order valence-corrected chi connectivity index (χ0v) is 18.5. The highest BCUT2D eigenvalue weighted by Gasteiger charge is 2.34. The van der Waals surface area contributed by atoms with E-state index in [0.29, 0.717) is 21.3 Å². The van der Waals surface area contributed by atoms with E-state index in [2.05, 4.69) is 10.1 Å². The molecule has 0 aliphatic rings. The molecule has 0 fully saturated rings. The first-order chi connectivity index (χ1) is 15.1. The van der Waals surface area contributed by atoms with Crippen LogP contribution in [0.4, 0.5) is 0 Å². The molecule has 0 saturated heterocycles. The average Bonchev–Trinajstić information content (AvgIpc) is 2.83. The molecule has 1 heterocycles. The van der Waals surface area contributed by atoms with Crippen LogP contribution in [0.3, 0.4) is 0 Å². The van der Waals surface area contributed by atoms with E-state index in [9.17, 15) is 4.57 Å². The van der Waals surface area contributed by atoms with Crippen molar-refractivity contribution in [3.05, 3.63) is 126 Å². The van der Waals surface area contributed by atoms with E-state index in [1.807, 2.05) is 103 Å². The van der Waals surface area contributed by atoms with Crippen LogP contribution >= 0.6 is 18.9 Å². The van der Waals surface area contributed by atoms with Gasteiger partial charge in [-0.2, -0.15) is 0 Å². The minimum Gasteiger partial charge on any atom is -0.321 e. The van der Waals surface area contributed by atoms with Gasteiger partial charge in [0.2, 0.25) is 7.29 Å². The molecule has 3 aromatic carbocycles. The van der Waals surface area contributed by atoms with Gasteiger partial charge in [-0.15, -0.1) is 0 Å². The van der Waals surface area contributed by atoms with Crippen molar-refractivity contribution < 1.29 is 4.57 Å². The summed E-state index contributed by atoms with van der Waals surface area (Å²) in [5.74, 6) is 0. The Morgan fingerprint density at radius 2 is 1.42 bits per heavy atom. The van der Waals surface area contributed by atoms with Gasteiger partial charge in [-0.3, -0.25) is 14.6 Å². The molecule has 0 aliphatic heterocycles. The lowest BCUT2D eigenvalue weighted by atomic mass is 9.98. The second-order valence-corrected chi connectivity index (χ2v) is 10.2. The molecule has 1 aromatic heterocycles. The topological polar surface area (TPSA) is 68.0 Å². The molecule has 3 N–H and O–H groups in total. The van der Waals surface area contributed by atoms with Gasteiger partial charge in [-0.25, -0.2) is 0 Å². The third-order valence-electron chi connectivity index (χ3n) is 5.16. The van der Waals surface area contributed by atoms with E-state index in [4.69, 9.17) is 17.3 Å². The van der Waals surface area contributed by atoms with Crippen LogP contribution in [0.15, 0.2) is 109 Å². The number of nitrogens with two attached hydrogens (primary N) is 1. The van der Waals surface area contributed by atoms with Crippen LogP contribution in [-0.4, -0.2) is 4.98 Å². The number of benzene rings is 3. The number of hydrogen-bond donors (Lipinski definition) is 2. The van der Waals surface area contributed by atoms with Crippen LogP contribution in [0.5, 0.6) is 0 Å². The second kappa shape index (κ2) is 9.59. The second-order valence-electron chi connectivity index (χ2n) is 7.22. The Balaban J connectivity index is 1.84. The summed E-state index contributed by atoms with van der Waals surface area (Å²) < 4.78 is 14.6. The van der Waals surface area contributed by atoms with Crippen molar-refractivity contribution in [2.45, 2.75) is 12.1 Å². The molecule has 4 rings (SSSR count). The number of pyridine rings is 1. The monoisotopic (exact) mass is 447 g/mol. The summed E-state index contributed by atoms with van der Waals surface area (Å²) in [6, 6.07) is 30.9. The lowest BCUT2D eigenvalue weighted by molar-refractivity contribution is 0.503. The number of halogens is 1. The molecule has 0 unspecified atom stereocenters. The number of nitrogens with zero attached hydrogens (tertiary/aromatic N) is 1. The molecule has 0 radical (unpaired) electrons. The number of nitrogens with one attached hydrogen (secondary N) is 1. The summed E-state index contributed by atoms with van der Waals surface area (Å²) in [6.45, 7) is 0. The number of hydrogen-bond acceptors (Lipinski definition) is 3. The summed E-state index contributed by atoms with van der Waals surface area (Å²) in [4.78, 5) is 4.44. The Morgan fingerprint density at radius 1 is 0.806 bits per heavy atom. The number of rotatable bonds is 7. The van der Waals surface area contributed by atoms with Crippen LogP contribution in [-0.2, 0) is 4.57 Å². The van der Waals surface area contributed by atoms with Crippen molar-refractivity contribution in [2.75, 3.05) is 0 Å². The molecule has 4 aromatic rings. The van der Waals surface area contributed by atoms with Gasteiger partial charge in [0.15, 0.2) is 0 Å². The van der Waals surface area contributed by atoms with Crippen molar-refractivity contribution in [1.29, 1.82) is 0 Å². The van der Waals surface area contributed by atoms with Crippen LogP contribution in [0, 0.1) is 0 Å². The Morgan fingerprint density at radius 3 is 1.97 bits per heavy atom. The molecule has 0 saturated carbocycles. The maximum atomic E-state index is 14.6. The van der Waals surface area contributed by atoms with Gasteiger partial charge in [0.1, 0.15) is 0 Å². The highest BCUT2D eigenvalue weighted by Crippen LogP contribution is 2.44. The fraction of sp³-hybridized carbons (Fsp3) is 0.0800. The molecular formula is C25H23ClN3OP. The summed E-state index contributed by atoms with van der Waals surface area (Å²) in [5.41, 5.74) is 8.24. The van der Waals surface area contributed by atoms with E-state index in [-0.39, 0.29) is 0 Å². The first-order valence-corrected chi connectivity index (χ1v) is 12.1. The highest BCUT2D eigenvalue weighted by molar-refractivity contribution is 7.76. The van der Waals surface area contributed by atoms with Gasteiger partial charge in [-0.05, 0) is 54.1 Å². The van der Waals surface area contributed by atoms with Crippen molar-refractivity contribution in [3.63, 3.8) is 0 Å². The smallest absolute Gasteiger partial charge is 0.205 e. The molecule has 31 heavy (non-hydrogen) atoms. The first kappa shape index (κ1) is 21.5. The van der Waals surface area contributed by atoms with Gasteiger partial charge in [0.05, 0.1) is 17.8 Å². The summed E-state index contributed by atoms with van der Waals surface area (Å²) in [6.07, 6.45) is 1.71. The lowest BCUT2D eigenvalue weighted by Gasteiger charge is -2.31. The quantitative estimate of drug-likeness (QED) is 0.391. The van der Waals surface area contributed by atoms with Gasteiger partial charge in [0, 0.05) is 21.8 Å². The maximum absolute atomic E-state index is 14.6.